The van der Waals surface area contributed by atoms with Crippen LogP contribution in [0, 0.1) is 5.41 Å². The number of pyridine rings is 1. The molecule has 0 saturated heterocycles. The van der Waals surface area contributed by atoms with E-state index in [0.29, 0.717) is 17.3 Å². The number of hydrogen-bond acceptors (Lipinski definition) is 6. The van der Waals surface area contributed by atoms with Crippen LogP contribution in [0.1, 0.15) is 31.4 Å². The smallest absolute Gasteiger partial charge is 0.422 e. The number of nitrogens with zero attached hydrogens (tertiary/aromatic N) is 2. The number of anilines is 2. The fourth-order valence-corrected chi connectivity index (χ4v) is 3.50. The molecule has 182 valence electrons. The third kappa shape index (κ3) is 5.68. The summed E-state index contributed by atoms with van der Waals surface area (Å²) >= 11 is 0. The molecular formula is C24H22F3N5O3. The van der Waals surface area contributed by atoms with Gasteiger partial charge in [0.15, 0.2) is 6.61 Å². The third-order valence-corrected chi connectivity index (χ3v) is 5.29. The lowest BCUT2D eigenvalue weighted by molar-refractivity contribution is -0.153. The minimum Gasteiger partial charge on any atom is -0.482 e. The number of halogens is 3. The molecule has 1 aliphatic carbocycles. The van der Waals surface area contributed by atoms with Crippen molar-refractivity contribution in [2.24, 2.45) is 0 Å². The fourth-order valence-electron chi connectivity index (χ4n) is 3.50. The number of para-hydroxylation sites is 2. The van der Waals surface area contributed by atoms with Crippen molar-refractivity contribution in [3.63, 3.8) is 0 Å². The zero-order valence-corrected chi connectivity index (χ0v) is 18.6. The van der Waals surface area contributed by atoms with Crippen molar-refractivity contribution in [3.05, 3.63) is 71.5 Å². The average Bonchev–Trinajstić information content (AvgIpc) is 3.66. The highest BCUT2D eigenvalue weighted by atomic mass is 19.4. The highest BCUT2D eigenvalue weighted by Gasteiger charge is 2.32. The summed E-state index contributed by atoms with van der Waals surface area (Å²) in [6, 6.07) is 9.28. The van der Waals surface area contributed by atoms with Gasteiger partial charge in [-0.3, -0.25) is 19.5 Å². The number of nitrogens with one attached hydrogen (secondary N) is 3. The van der Waals surface area contributed by atoms with Crippen molar-refractivity contribution < 1.29 is 27.5 Å². The van der Waals surface area contributed by atoms with E-state index < -0.39 is 24.6 Å². The topological polar surface area (TPSA) is 107 Å². The minimum absolute atomic E-state index is 0.0599. The van der Waals surface area contributed by atoms with E-state index in [2.05, 4.69) is 15.6 Å². The number of ether oxygens (including phenoxy) is 1. The third-order valence-electron chi connectivity index (χ3n) is 5.29. The quantitative estimate of drug-likeness (QED) is 0.402. The molecule has 2 amide bonds. The number of alkyl halides is 3. The maximum absolute atomic E-state index is 13.3. The maximum Gasteiger partial charge on any atom is 0.422 e. The van der Waals surface area contributed by atoms with E-state index in [4.69, 9.17) is 10.1 Å². The van der Waals surface area contributed by atoms with E-state index in [9.17, 15) is 22.8 Å². The molecule has 0 unspecified atom stereocenters. The number of carbonyl (C=O) groups excluding carboxylic acids is 2. The van der Waals surface area contributed by atoms with Gasteiger partial charge in [-0.1, -0.05) is 12.1 Å². The van der Waals surface area contributed by atoms with Crippen LogP contribution >= 0.6 is 0 Å². The Morgan fingerprint density at radius 2 is 2.03 bits per heavy atom. The SMILES string of the molecule is CC1=CN(c2ccccc2OCC(F)(F)F)C(=O)/C(=C(/C=N)C(=O)Nc2ccc(C3CC3)nc2)N1. The van der Waals surface area contributed by atoms with E-state index in [1.54, 1.807) is 19.1 Å². The maximum atomic E-state index is 13.3. The second-order valence-electron chi connectivity index (χ2n) is 8.12. The first-order valence-electron chi connectivity index (χ1n) is 10.8. The van der Waals surface area contributed by atoms with Gasteiger partial charge in [-0.25, -0.2) is 0 Å². The van der Waals surface area contributed by atoms with Crippen molar-refractivity contribution in [1.82, 2.24) is 10.3 Å². The van der Waals surface area contributed by atoms with Crippen molar-refractivity contribution in [2.45, 2.75) is 31.9 Å². The van der Waals surface area contributed by atoms with Gasteiger partial charge in [0, 0.05) is 29.7 Å². The Hall–Kier alpha value is -4.15. The van der Waals surface area contributed by atoms with Gasteiger partial charge >= 0.3 is 6.18 Å². The molecular weight excluding hydrogens is 463 g/mol. The summed E-state index contributed by atoms with van der Waals surface area (Å²) in [5.74, 6) is -1.17. The standard InChI is InChI=1S/C24H22F3N5O3/c1-14-12-32(19-4-2-3-5-20(19)35-13-24(25,26)27)23(34)21(30-14)17(10-28)22(33)31-16-8-9-18(29-11-16)15-6-7-15/h2-5,8-12,15,28,30H,6-7,13H2,1H3,(H,31,33)/b21-17+,28-10?. The second-order valence-corrected chi connectivity index (χ2v) is 8.12. The number of aromatic nitrogens is 1. The van der Waals surface area contributed by atoms with Gasteiger partial charge in [0.05, 0.1) is 23.1 Å². The summed E-state index contributed by atoms with van der Waals surface area (Å²) in [7, 11) is 0. The largest absolute Gasteiger partial charge is 0.482 e. The van der Waals surface area contributed by atoms with Gasteiger partial charge in [-0.15, -0.1) is 0 Å². The monoisotopic (exact) mass is 485 g/mol. The zero-order valence-electron chi connectivity index (χ0n) is 18.6. The van der Waals surface area contributed by atoms with E-state index in [1.807, 2.05) is 6.07 Å². The minimum atomic E-state index is -4.56. The number of rotatable bonds is 7. The number of carbonyl (C=O) groups is 2. The molecule has 0 bridgehead atoms. The Kier molecular flexibility index (Phi) is 6.59. The molecule has 1 aromatic carbocycles. The van der Waals surface area contributed by atoms with Crippen LogP contribution in [0.3, 0.4) is 0 Å². The number of benzene rings is 1. The first-order chi connectivity index (χ1) is 16.7. The van der Waals surface area contributed by atoms with E-state index in [-0.39, 0.29) is 22.7 Å². The normalized spacial score (nSPS) is 17.3. The van der Waals surface area contributed by atoms with Gasteiger partial charge in [0.2, 0.25) is 0 Å². The molecule has 1 aliphatic heterocycles. The summed E-state index contributed by atoms with van der Waals surface area (Å²) in [6.45, 7) is 0.0794. The lowest BCUT2D eigenvalue weighted by Gasteiger charge is -2.29. The molecule has 2 aliphatic rings. The Balaban J connectivity index is 1.60. The van der Waals surface area contributed by atoms with Crippen LogP contribution in [0.4, 0.5) is 24.5 Å². The van der Waals surface area contributed by atoms with Gasteiger partial charge in [-0.05, 0) is 44.0 Å². The fraction of sp³-hybridized carbons (Fsp3) is 0.250. The van der Waals surface area contributed by atoms with Gasteiger partial charge < -0.3 is 20.8 Å². The Labute approximate surface area is 199 Å². The molecule has 35 heavy (non-hydrogen) atoms. The second kappa shape index (κ2) is 9.61. The molecule has 0 spiro atoms. The van der Waals surface area contributed by atoms with Crippen LogP contribution in [-0.4, -0.2) is 35.8 Å². The van der Waals surface area contributed by atoms with Crippen molar-refractivity contribution in [1.29, 1.82) is 5.41 Å². The predicted octanol–water partition coefficient (Wildman–Crippen LogP) is 4.24. The summed E-state index contributed by atoms with van der Waals surface area (Å²) in [5.41, 5.74) is 1.37. The molecule has 11 heteroatoms. The first kappa shape index (κ1) is 24.0. The Morgan fingerprint density at radius 3 is 2.66 bits per heavy atom. The molecule has 0 atom stereocenters. The number of amides is 2. The lowest BCUT2D eigenvalue weighted by atomic mass is 10.1. The van der Waals surface area contributed by atoms with Crippen LogP contribution < -0.4 is 20.3 Å². The molecule has 1 aromatic heterocycles. The molecule has 2 heterocycles. The lowest BCUT2D eigenvalue weighted by Crippen LogP contribution is -2.40. The number of allylic oxidation sites excluding steroid dienone is 1. The molecule has 8 nitrogen and oxygen atoms in total. The Morgan fingerprint density at radius 1 is 1.29 bits per heavy atom. The predicted molar refractivity (Wildman–Crippen MR) is 123 cm³/mol. The van der Waals surface area contributed by atoms with E-state index >= 15 is 0 Å². The van der Waals surface area contributed by atoms with Gasteiger partial charge in [0.1, 0.15) is 11.4 Å². The summed E-state index contributed by atoms with van der Waals surface area (Å²) < 4.78 is 43.0. The highest BCUT2D eigenvalue weighted by Crippen LogP contribution is 2.39. The molecule has 4 rings (SSSR count). The van der Waals surface area contributed by atoms with Gasteiger partial charge in [0.25, 0.3) is 11.8 Å². The van der Waals surface area contributed by atoms with E-state index in [1.165, 1.54) is 30.6 Å². The van der Waals surface area contributed by atoms with Crippen molar-refractivity contribution >= 4 is 29.4 Å². The molecule has 3 N–H and O–H groups in total. The zero-order chi connectivity index (χ0) is 25.2. The van der Waals surface area contributed by atoms with E-state index in [0.717, 1.165) is 29.7 Å². The first-order valence-corrected chi connectivity index (χ1v) is 10.8. The van der Waals surface area contributed by atoms with Crippen LogP contribution in [-0.2, 0) is 9.59 Å². The summed E-state index contributed by atoms with van der Waals surface area (Å²) in [6.07, 6.45) is 1.24. The van der Waals surface area contributed by atoms with Crippen LogP contribution in [0.5, 0.6) is 5.75 Å². The van der Waals surface area contributed by atoms with Crippen molar-refractivity contribution in [3.8, 4) is 5.75 Å². The molecule has 1 saturated carbocycles. The molecule has 1 fully saturated rings. The van der Waals surface area contributed by atoms with Gasteiger partial charge in [-0.2, -0.15) is 13.2 Å². The average molecular weight is 485 g/mol. The highest BCUT2D eigenvalue weighted by molar-refractivity contribution is 6.24. The Bertz CT molecular complexity index is 1220. The summed E-state index contributed by atoms with van der Waals surface area (Å²) in [4.78, 5) is 31.6. The van der Waals surface area contributed by atoms with Crippen LogP contribution in [0.2, 0.25) is 0 Å². The molecule has 0 radical (unpaired) electrons. The van der Waals surface area contributed by atoms with Crippen LogP contribution in [0.25, 0.3) is 0 Å². The summed E-state index contributed by atoms with van der Waals surface area (Å²) in [5, 5.41) is 13.2. The van der Waals surface area contributed by atoms with Crippen molar-refractivity contribution in [2.75, 3.05) is 16.8 Å². The molecule has 2 aromatic rings. The van der Waals surface area contributed by atoms with Crippen LogP contribution in [0.15, 0.2) is 65.8 Å². The number of hydrogen-bond donors (Lipinski definition) is 3.